The van der Waals surface area contributed by atoms with Gasteiger partial charge in [0, 0.05) is 0 Å². The van der Waals surface area contributed by atoms with Gasteiger partial charge in [-0.25, -0.2) is 9.78 Å². The van der Waals surface area contributed by atoms with Crippen LogP contribution >= 0.6 is 0 Å². The molecule has 0 fully saturated rings. The van der Waals surface area contributed by atoms with Crippen molar-refractivity contribution < 1.29 is 14.6 Å². The second kappa shape index (κ2) is 5.33. The second-order valence-corrected chi connectivity index (χ2v) is 4.63. The van der Waals surface area contributed by atoms with Crippen LogP contribution in [0, 0.1) is 0 Å². The molecule has 0 saturated heterocycles. The number of aromatic nitrogens is 2. The van der Waals surface area contributed by atoms with Crippen molar-refractivity contribution >= 4 is 16.9 Å². The molecule has 0 aliphatic carbocycles. The van der Waals surface area contributed by atoms with Crippen molar-refractivity contribution in [2.75, 3.05) is 7.11 Å². The van der Waals surface area contributed by atoms with E-state index in [-0.39, 0.29) is 11.1 Å². The largest absolute Gasteiger partial charge is 0.495 e. The molecule has 22 heavy (non-hydrogen) atoms. The number of benzene rings is 2. The van der Waals surface area contributed by atoms with E-state index in [4.69, 9.17) is 9.84 Å². The van der Waals surface area contributed by atoms with E-state index >= 15 is 0 Å². The van der Waals surface area contributed by atoms with Gasteiger partial charge in [-0.15, -0.1) is 0 Å². The molecule has 2 aromatic carbocycles. The number of hydrogen-bond donors (Lipinski definition) is 1. The summed E-state index contributed by atoms with van der Waals surface area (Å²) in [6, 6.07) is 11.3. The Kier molecular flexibility index (Phi) is 3.34. The van der Waals surface area contributed by atoms with Crippen molar-refractivity contribution in [1.29, 1.82) is 0 Å². The number of methoxy groups -OCH3 is 1. The number of carboxylic acids is 1. The first-order valence-electron chi connectivity index (χ1n) is 6.50. The van der Waals surface area contributed by atoms with Crippen molar-refractivity contribution in [1.82, 2.24) is 9.55 Å². The number of rotatable bonds is 3. The molecule has 3 aromatic rings. The highest BCUT2D eigenvalue weighted by atomic mass is 16.5. The normalized spacial score (nSPS) is 10.6. The summed E-state index contributed by atoms with van der Waals surface area (Å²) in [6.07, 6.45) is 1.37. The lowest BCUT2D eigenvalue weighted by Gasteiger charge is -2.11. The molecule has 0 unspecified atom stereocenters. The minimum absolute atomic E-state index is 0.0921. The molecule has 6 nitrogen and oxygen atoms in total. The Morgan fingerprint density at radius 1 is 1.23 bits per heavy atom. The molecule has 0 saturated carbocycles. The fourth-order valence-electron chi connectivity index (χ4n) is 2.25. The molecule has 1 aromatic heterocycles. The maximum Gasteiger partial charge on any atom is 0.335 e. The van der Waals surface area contributed by atoms with Gasteiger partial charge < -0.3 is 9.84 Å². The summed E-state index contributed by atoms with van der Waals surface area (Å²) >= 11 is 0. The lowest BCUT2D eigenvalue weighted by atomic mass is 10.1. The molecule has 0 atom stereocenters. The Morgan fingerprint density at radius 2 is 2.00 bits per heavy atom. The van der Waals surface area contributed by atoms with Gasteiger partial charge in [-0.2, -0.15) is 0 Å². The van der Waals surface area contributed by atoms with E-state index in [0.29, 0.717) is 22.3 Å². The lowest BCUT2D eigenvalue weighted by Crippen LogP contribution is -2.19. The van der Waals surface area contributed by atoms with Crippen LogP contribution in [0.4, 0.5) is 0 Å². The van der Waals surface area contributed by atoms with Crippen molar-refractivity contribution in [3.8, 4) is 11.4 Å². The second-order valence-electron chi connectivity index (χ2n) is 4.63. The van der Waals surface area contributed by atoms with E-state index in [1.807, 2.05) is 0 Å². The van der Waals surface area contributed by atoms with E-state index in [0.717, 1.165) is 0 Å². The molecule has 110 valence electrons. The Labute approximate surface area is 125 Å². The zero-order valence-electron chi connectivity index (χ0n) is 11.7. The van der Waals surface area contributed by atoms with E-state index in [2.05, 4.69) is 4.98 Å². The molecule has 0 aliphatic rings. The van der Waals surface area contributed by atoms with Crippen molar-refractivity contribution in [2.45, 2.75) is 0 Å². The van der Waals surface area contributed by atoms with Crippen molar-refractivity contribution in [2.24, 2.45) is 0 Å². The summed E-state index contributed by atoms with van der Waals surface area (Å²) in [5.74, 6) is -0.509. The third kappa shape index (κ3) is 2.20. The smallest absolute Gasteiger partial charge is 0.335 e. The van der Waals surface area contributed by atoms with Crippen LogP contribution in [0.15, 0.2) is 53.6 Å². The molecule has 0 aliphatic heterocycles. The van der Waals surface area contributed by atoms with Crippen LogP contribution in [-0.4, -0.2) is 27.7 Å². The molecule has 0 spiro atoms. The standard InChI is InChI=1S/C16H12N2O4/c1-22-14-5-3-2-4-13(14)18-9-17-12-8-10(16(20)21)6-7-11(12)15(18)19/h2-9H,1H3,(H,20,21). The van der Waals surface area contributed by atoms with Crippen LogP contribution in [0.5, 0.6) is 5.75 Å². The summed E-state index contributed by atoms with van der Waals surface area (Å²) in [5, 5.41) is 9.33. The molecule has 6 heteroatoms. The predicted molar refractivity (Wildman–Crippen MR) is 80.9 cm³/mol. The molecule has 1 N–H and O–H groups in total. The predicted octanol–water partition coefficient (Wildman–Crippen LogP) is 2.09. The lowest BCUT2D eigenvalue weighted by molar-refractivity contribution is 0.0697. The SMILES string of the molecule is COc1ccccc1-n1cnc2cc(C(=O)O)ccc2c1=O. The maximum atomic E-state index is 12.6. The molecule has 3 rings (SSSR count). The average molecular weight is 296 g/mol. The number of ether oxygens (including phenoxy) is 1. The van der Waals surface area contributed by atoms with E-state index < -0.39 is 5.97 Å². The van der Waals surface area contributed by atoms with Crippen molar-refractivity contribution in [3.05, 3.63) is 64.7 Å². The molecular weight excluding hydrogens is 284 g/mol. The molecule has 0 bridgehead atoms. The monoisotopic (exact) mass is 296 g/mol. The van der Waals surface area contributed by atoms with Gasteiger partial charge in [0.1, 0.15) is 12.1 Å². The van der Waals surface area contributed by atoms with Crippen molar-refractivity contribution in [3.63, 3.8) is 0 Å². The minimum Gasteiger partial charge on any atom is -0.495 e. The summed E-state index contributed by atoms with van der Waals surface area (Å²) in [4.78, 5) is 27.8. The van der Waals surface area contributed by atoms with Crippen LogP contribution in [0.2, 0.25) is 0 Å². The number of nitrogens with zero attached hydrogens (tertiary/aromatic N) is 2. The van der Waals surface area contributed by atoms with Crippen LogP contribution in [0.25, 0.3) is 16.6 Å². The van der Waals surface area contributed by atoms with Gasteiger partial charge in [-0.1, -0.05) is 12.1 Å². The Balaban J connectivity index is 2.25. The number of hydrogen-bond acceptors (Lipinski definition) is 4. The quantitative estimate of drug-likeness (QED) is 0.800. The number of aromatic carboxylic acids is 1. The summed E-state index contributed by atoms with van der Waals surface area (Å²) in [6.45, 7) is 0. The first-order chi connectivity index (χ1) is 10.6. The number of para-hydroxylation sites is 2. The highest BCUT2D eigenvalue weighted by Crippen LogP contribution is 2.21. The first-order valence-corrected chi connectivity index (χ1v) is 6.50. The Hall–Kier alpha value is -3.15. The van der Waals surface area contributed by atoms with Gasteiger partial charge in [-0.05, 0) is 30.3 Å². The van der Waals surface area contributed by atoms with Crippen LogP contribution in [-0.2, 0) is 0 Å². The first kappa shape index (κ1) is 13.8. The third-order valence-corrected chi connectivity index (χ3v) is 3.35. The molecule has 1 heterocycles. The van der Waals surface area contributed by atoms with Gasteiger partial charge in [0.2, 0.25) is 0 Å². The van der Waals surface area contributed by atoms with Gasteiger partial charge in [0.05, 0.1) is 29.3 Å². The average Bonchev–Trinajstić information content (AvgIpc) is 2.55. The van der Waals surface area contributed by atoms with Gasteiger partial charge >= 0.3 is 5.97 Å². The van der Waals surface area contributed by atoms with Gasteiger partial charge in [0.15, 0.2) is 0 Å². The zero-order valence-corrected chi connectivity index (χ0v) is 11.7. The molecule has 0 radical (unpaired) electrons. The Morgan fingerprint density at radius 3 is 2.73 bits per heavy atom. The minimum atomic E-state index is -1.06. The summed E-state index contributed by atoms with van der Waals surface area (Å²) < 4.78 is 6.63. The number of carbonyl (C=O) groups is 1. The maximum absolute atomic E-state index is 12.6. The molecule has 0 amide bonds. The number of carboxylic acid groups (broad SMARTS) is 1. The van der Waals surface area contributed by atoms with Gasteiger partial charge in [-0.3, -0.25) is 9.36 Å². The van der Waals surface area contributed by atoms with Gasteiger partial charge in [0.25, 0.3) is 5.56 Å². The highest BCUT2D eigenvalue weighted by molar-refractivity contribution is 5.92. The Bertz CT molecular complexity index is 931. The van der Waals surface area contributed by atoms with Crippen LogP contribution < -0.4 is 10.3 Å². The third-order valence-electron chi connectivity index (χ3n) is 3.35. The number of fused-ring (bicyclic) bond motifs is 1. The fourth-order valence-corrected chi connectivity index (χ4v) is 2.25. The van der Waals surface area contributed by atoms with Crippen LogP contribution in [0.3, 0.4) is 0 Å². The summed E-state index contributed by atoms with van der Waals surface area (Å²) in [7, 11) is 1.53. The summed E-state index contributed by atoms with van der Waals surface area (Å²) in [5.41, 5.74) is 0.726. The van der Waals surface area contributed by atoms with E-state index in [9.17, 15) is 9.59 Å². The van der Waals surface area contributed by atoms with E-state index in [1.165, 1.54) is 36.2 Å². The molecular formula is C16H12N2O4. The fraction of sp³-hybridized carbons (Fsp3) is 0.0625. The zero-order chi connectivity index (χ0) is 15.7. The van der Waals surface area contributed by atoms with E-state index in [1.54, 1.807) is 24.3 Å². The van der Waals surface area contributed by atoms with Crippen LogP contribution in [0.1, 0.15) is 10.4 Å². The highest BCUT2D eigenvalue weighted by Gasteiger charge is 2.11. The topological polar surface area (TPSA) is 81.4 Å².